The quantitative estimate of drug-likeness (QED) is 0.779. The molecule has 1 aliphatic rings. The fourth-order valence-electron chi connectivity index (χ4n) is 2.88. The van der Waals surface area contributed by atoms with Crippen LogP contribution in [0.2, 0.25) is 0 Å². The normalized spacial score (nSPS) is 15.8. The summed E-state index contributed by atoms with van der Waals surface area (Å²) in [4.78, 5) is 14.6. The number of hydrogen-bond donors (Lipinski definition) is 1. The Labute approximate surface area is 121 Å². The zero-order valence-electron chi connectivity index (χ0n) is 11.8. The lowest BCUT2D eigenvalue weighted by molar-refractivity contribution is 0.122. The maximum Gasteiger partial charge on any atom is 0.156 e. The molecule has 2 aromatic heterocycles. The van der Waals surface area contributed by atoms with Gasteiger partial charge in [-0.3, -0.25) is 0 Å². The fourth-order valence-corrected chi connectivity index (χ4v) is 2.88. The maximum absolute atomic E-state index is 5.47. The molecular weight excluding hydrogens is 268 g/mol. The average molecular weight is 284 g/mol. The van der Waals surface area contributed by atoms with Crippen LogP contribution in [0, 0.1) is 0 Å². The van der Waals surface area contributed by atoms with Gasteiger partial charge in [0, 0.05) is 13.1 Å². The number of methoxy groups -OCH3 is 1. The Kier molecular flexibility index (Phi) is 2.89. The molecule has 0 spiro atoms. The van der Waals surface area contributed by atoms with Gasteiger partial charge in [-0.05, 0) is 12.1 Å². The van der Waals surface area contributed by atoms with Crippen molar-refractivity contribution in [2.24, 2.45) is 0 Å². The molecule has 1 aromatic carbocycles. The van der Waals surface area contributed by atoms with Crippen LogP contribution in [0.3, 0.4) is 0 Å². The summed E-state index contributed by atoms with van der Waals surface area (Å²) >= 11 is 0. The Morgan fingerprint density at radius 2 is 2.10 bits per heavy atom. The number of aromatic nitrogens is 3. The monoisotopic (exact) mass is 284 g/mol. The number of hydrogen-bond acceptors (Lipinski definition) is 5. The van der Waals surface area contributed by atoms with Crippen molar-refractivity contribution in [1.82, 2.24) is 15.0 Å². The third-order valence-corrected chi connectivity index (χ3v) is 3.88. The van der Waals surface area contributed by atoms with Gasteiger partial charge in [-0.2, -0.15) is 0 Å². The van der Waals surface area contributed by atoms with Crippen LogP contribution >= 0.6 is 0 Å². The van der Waals surface area contributed by atoms with Crippen LogP contribution in [-0.4, -0.2) is 48.4 Å². The first-order chi connectivity index (χ1) is 10.4. The first-order valence-electron chi connectivity index (χ1n) is 7.00. The highest BCUT2D eigenvalue weighted by molar-refractivity contribution is 6.11. The average Bonchev–Trinajstić information content (AvgIpc) is 2.94. The van der Waals surface area contributed by atoms with E-state index >= 15 is 0 Å². The predicted molar refractivity (Wildman–Crippen MR) is 81.0 cm³/mol. The Balaban J connectivity index is 1.97. The molecule has 0 unspecified atom stereocenters. The molecule has 1 aliphatic heterocycles. The van der Waals surface area contributed by atoms with Crippen LogP contribution in [0.4, 0.5) is 5.82 Å². The molecule has 1 N–H and O–H groups in total. The number of ether oxygens (including phenoxy) is 2. The smallest absolute Gasteiger partial charge is 0.156 e. The molecule has 0 bridgehead atoms. The number of nitrogens with one attached hydrogen (secondary N) is 1. The largest absolute Gasteiger partial charge is 0.496 e. The van der Waals surface area contributed by atoms with E-state index < -0.39 is 0 Å². The van der Waals surface area contributed by atoms with E-state index in [0.29, 0.717) is 0 Å². The number of rotatable bonds is 2. The number of H-pyrrole nitrogens is 1. The van der Waals surface area contributed by atoms with E-state index in [-0.39, 0.29) is 0 Å². The van der Waals surface area contributed by atoms with Crippen molar-refractivity contribution in [3.63, 3.8) is 0 Å². The Morgan fingerprint density at radius 3 is 2.90 bits per heavy atom. The van der Waals surface area contributed by atoms with Crippen LogP contribution in [0.25, 0.3) is 21.9 Å². The highest BCUT2D eigenvalue weighted by atomic mass is 16.5. The minimum atomic E-state index is 0.731. The van der Waals surface area contributed by atoms with Gasteiger partial charge in [-0.25, -0.2) is 9.97 Å². The van der Waals surface area contributed by atoms with Gasteiger partial charge in [-0.15, -0.1) is 0 Å². The van der Waals surface area contributed by atoms with Crippen molar-refractivity contribution in [2.45, 2.75) is 0 Å². The van der Waals surface area contributed by atoms with Gasteiger partial charge in [0.15, 0.2) is 5.82 Å². The van der Waals surface area contributed by atoms with E-state index in [1.807, 2.05) is 18.2 Å². The summed E-state index contributed by atoms with van der Waals surface area (Å²) in [6, 6.07) is 5.95. The topological polar surface area (TPSA) is 63.3 Å². The third-order valence-electron chi connectivity index (χ3n) is 3.88. The molecule has 0 aliphatic carbocycles. The molecule has 1 fully saturated rings. The van der Waals surface area contributed by atoms with Crippen LogP contribution in [0.1, 0.15) is 0 Å². The summed E-state index contributed by atoms with van der Waals surface area (Å²) in [5, 5.41) is 1.01. The van der Waals surface area contributed by atoms with E-state index in [4.69, 9.17) is 9.47 Å². The van der Waals surface area contributed by atoms with Gasteiger partial charge in [0.25, 0.3) is 0 Å². The number of morpholine rings is 1. The molecule has 6 nitrogen and oxygen atoms in total. The number of aromatic amines is 1. The molecular formula is C15H16N4O2. The van der Waals surface area contributed by atoms with E-state index in [1.165, 1.54) is 0 Å². The highest BCUT2D eigenvalue weighted by Crippen LogP contribution is 2.34. The molecule has 0 radical (unpaired) electrons. The van der Waals surface area contributed by atoms with Gasteiger partial charge >= 0.3 is 0 Å². The zero-order chi connectivity index (χ0) is 14.2. The Bertz CT molecular complexity index is 793. The molecule has 108 valence electrons. The summed E-state index contributed by atoms with van der Waals surface area (Å²) < 4.78 is 10.9. The lowest BCUT2D eigenvalue weighted by Crippen LogP contribution is -2.36. The van der Waals surface area contributed by atoms with Gasteiger partial charge < -0.3 is 19.4 Å². The van der Waals surface area contributed by atoms with E-state index in [0.717, 1.165) is 59.8 Å². The molecule has 0 atom stereocenters. The lowest BCUT2D eigenvalue weighted by Gasteiger charge is -2.27. The molecule has 3 heterocycles. The van der Waals surface area contributed by atoms with Crippen LogP contribution in [0.15, 0.2) is 24.5 Å². The van der Waals surface area contributed by atoms with Crippen molar-refractivity contribution in [1.29, 1.82) is 0 Å². The SMILES string of the molecule is COc1cccc2[nH]c3c(N4CCOCC4)ncnc3c12. The summed E-state index contributed by atoms with van der Waals surface area (Å²) in [6.45, 7) is 3.15. The Hall–Kier alpha value is -2.34. The van der Waals surface area contributed by atoms with Gasteiger partial charge in [0.2, 0.25) is 0 Å². The highest BCUT2D eigenvalue weighted by Gasteiger charge is 2.19. The third kappa shape index (κ3) is 1.91. The molecule has 4 rings (SSSR count). The molecule has 6 heteroatoms. The molecule has 3 aromatic rings. The standard InChI is InChI=1S/C15H16N4O2/c1-20-11-4-2-3-10-12(11)13-14(18-10)15(17-9-16-13)19-5-7-21-8-6-19/h2-4,9,18H,5-8H2,1H3. The van der Waals surface area contributed by atoms with Gasteiger partial charge in [-0.1, -0.05) is 6.07 Å². The maximum atomic E-state index is 5.47. The number of nitrogens with zero attached hydrogens (tertiary/aromatic N) is 3. The van der Waals surface area contributed by atoms with Gasteiger partial charge in [0.05, 0.1) is 31.2 Å². The molecule has 1 saturated heterocycles. The number of benzene rings is 1. The van der Waals surface area contributed by atoms with Crippen molar-refractivity contribution in [3.8, 4) is 5.75 Å². The van der Waals surface area contributed by atoms with Crippen molar-refractivity contribution < 1.29 is 9.47 Å². The second-order valence-corrected chi connectivity index (χ2v) is 5.03. The lowest BCUT2D eigenvalue weighted by atomic mass is 10.2. The first kappa shape index (κ1) is 12.4. The Morgan fingerprint density at radius 1 is 1.24 bits per heavy atom. The summed E-state index contributed by atoms with van der Waals surface area (Å²) in [5.41, 5.74) is 2.87. The first-order valence-corrected chi connectivity index (χ1v) is 7.00. The van der Waals surface area contributed by atoms with Crippen molar-refractivity contribution >= 4 is 27.8 Å². The minimum Gasteiger partial charge on any atom is -0.496 e. The van der Waals surface area contributed by atoms with Gasteiger partial charge in [0.1, 0.15) is 23.1 Å². The summed E-state index contributed by atoms with van der Waals surface area (Å²) in [5.74, 6) is 1.76. The van der Waals surface area contributed by atoms with Crippen molar-refractivity contribution in [2.75, 3.05) is 38.3 Å². The summed E-state index contributed by atoms with van der Waals surface area (Å²) in [7, 11) is 1.68. The summed E-state index contributed by atoms with van der Waals surface area (Å²) in [6.07, 6.45) is 1.62. The second kappa shape index (κ2) is 4.89. The van der Waals surface area contributed by atoms with Crippen LogP contribution in [0.5, 0.6) is 5.75 Å². The predicted octanol–water partition coefficient (Wildman–Crippen LogP) is 1.96. The molecule has 0 amide bonds. The zero-order valence-corrected chi connectivity index (χ0v) is 11.8. The fraction of sp³-hybridized carbons (Fsp3) is 0.333. The molecule has 21 heavy (non-hydrogen) atoms. The second-order valence-electron chi connectivity index (χ2n) is 5.03. The van der Waals surface area contributed by atoms with E-state index in [1.54, 1.807) is 13.4 Å². The number of anilines is 1. The van der Waals surface area contributed by atoms with Crippen LogP contribution in [-0.2, 0) is 4.74 Å². The van der Waals surface area contributed by atoms with E-state index in [9.17, 15) is 0 Å². The van der Waals surface area contributed by atoms with Crippen molar-refractivity contribution in [3.05, 3.63) is 24.5 Å². The van der Waals surface area contributed by atoms with Crippen LogP contribution < -0.4 is 9.64 Å². The van der Waals surface area contributed by atoms with E-state index in [2.05, 4.69) is 19.9 Å². The molecule has 0 saturated carbocycles. The number of fused-ring (bicyclic) bond motifs is 3. The minimum absolute atomic E-state index is 0.731.